The van der Waals surface area contributed by atoms with Crippen LogP contribution in [0.4, 0.5) is 0 Å². The van der Waals surface area contributed by atoms with E-state index in [-0.39, 0.29) is 18.1 Å². The predicted molar refractivity (Wildman–Crippen MR) is 48.2 cm³/mol. The van der Waals surface area contributed by atoms with Crippen molar-refractivity contribution < 1.29 is 9.90 Å². The summed E-state index contributed by atoms with van der Waals surface area (Å²) >= 11 is 0. The van der Waals surface area contributed by atoms with E-state index in [2.05, 4.69) is 5.32 Å². The van der Waals surface area contributed by atoms with Crippen molar-refractivity contribution in [3.8, 4) is 0 Å². The van der Waals surface area contributed by atoms with Gasteiger partial charge in [0.15, 0.2) is 0 Å². The zero-order chi connectivity index (χ0) is 9.26. The summed E-state index contributed by atoms with van der Waals surface area (Å²) in [5.41, 5.74) is 0. The highest BCUT2D eigenvalue weighted by Crippen LogP contribution is 2.13. The summed E-state index contributed by atoms with van der Waals surface area (Å²) < 4.78 is 0. The lowest BCUT2D eigenvalue weighted by atomic mass is 10.0. The van der Waals surface area contributed by atoms with Crippen LogP contribution in [0.5, 0.6) is 0 Å². The fourth-order valence-corrected chi connectivity index (χ4v) is 1.87. The van der Waals surface area contributed by atoms with E-state index in [0.29, 0.717) is 6.54 Å². The number of nitrogens with one attached hydrogen (secondary N) is 1. The Morgan fingerprint density at radius 3 is 2.77 bits per heavy atom. The molecule has 4 heteroatoms. The molecule has 0 aromatic heterocycles. The van der Waals surface area contributed by atoms with Crippen molar-refractivity contribution in [2.75, 3.05) is 19.6 Å². The molecule has 0 spiro atoms. The Balaban J connectivity index is 1.87. The Kier molecular flexibility index (Phi) is 2.51. The van der Waals surface area contributed by atoms with Gasteiger partial charge in [-0.2, -0.15) is 0 Å². The second kappa shape index (κ2) is 3.64. The molecule has 2 fully saturated rings. The normalized spacial score (nSPS) is 34.1. The lowest BCUT2D eigenvalue weighted by molar-refractivity contribution is -0.138. The minimum atomic E-state index is -0.308. The number of β-amino-alcohol motifs (C(OH)–C–C–N with tert-alkyl or cyclic N) is 1. The van der Waals surface area contributed by atoms with Crippen molar-refractivity contribution in [3.05, 3.63) is 0 Å². The van der Waals surface area contributed by atoms with Crippen LogP contribution >= 0.6 is 0 Å². The molecule has 2 atom stereocenters. The number of carbonyl (C=O) groups is 1. The molecule has 0 radical (unpaired) electrons. The van der Waals surface area contributed by atoms with E-state index in [1.165, 1.54) is 0 Å². The molecular weight excluding hydrogens is 168 g/mol. The number of aliphatic hydroxyl groups excluding tert-OH is 1. The third-order valence-corrected chi connectivity index (χ3v) is 2.83. The summed E-state index contributed by atoms with van der Waals surface area (Å²) in [5, 5.41) is 12.5. The number of likely N-dealkylation sites (tertiary alicyclic amines) is 1. The van der Waals surface area contributed by atoms with Crippen molar-refractivity contribution in [1.29, 1.82) is 0 Å². The second-order valence-electron chi connectivity index (χ2n) is 3.88. The average Bonchev–Trinajstić information content (AvgIpc) is 2.01. The van der Waals surface area contributed by atoms with Crippen LogP contribution in [0.15, 0.2) is 0 Å². The number of hydrogen-bond donors (Lipinski definition) is 2. The Morgan fingerprint density at radius 1 is 1.46 bits per heavy atom. The van der Waals surface area contributed by atoms with Gasteiger partial charge in [-0.25, -0.2) is 0 Å². The van der Waals surface area contributed by atoms with Gasteiger partial charge in [-0.05, 0) is 25.8 Å². The van der Waals surface area contributed by atoms with Gasteiger partial charge >= 0.3 is 0 Å². The molecule has 2 saturated heterocycles. The van der Waals surface area contributed by atoms with Gasteiger partial charge in [0.2, 0.25) is 5.91 Å². The van der Waals surface area contributed by atoms with Gasteiger partial charge in [0.25, 0.3) is 0 Å². The summed E-state index contributed by atoms with van der Waals surface area (Å²) in [6.07, 6.45) is 2.41. The van der Waals surface area contributed by atoms with Crippen LogP contribution in [0.2, 0.25) is 0 Å². The monoisotopic (exact) mass is 184 g/mol. The number of aliphatic hydroxyl groups is 1. The third-order valence-electron chi connectivity index (χ3n) is 2.83. The molecule has 0 bridgehead atoms. The van der Waals surface area contributed by atoms with E-state index >= 15 is 0 Å². The second-order valence-corrected chi connectivity index (χ2v) is 3.88. The SMILES string of the molecule is O=C(C1CCN1)N1CCCC(O)C1. The molecule has 2 aliphatic heterocycles. The fourth-order valence-electron chi connectivity index (χ4n) is 1.87. The van der Waals surface area contributed by atoms with Gasteiger partial charge < -0.3 is 15.3 Å². The minimum Gasteiger partial charge on any atom is -0.391 e. The maximum absolute atomic E-state index is 11.7. The Labute approximate surface area is 77.9 Å². The van der Waals surface area contributed by atoms with E-state index < -0.39 is 0 Å². The van der Waals surface area contributed by atoms with Gasteiger partial charge in [-0.1, -0.05) is 0 Å². The lowest BCUT2D eigenvalue weighted by Gasteiger charge is -2.36. The average molecular weight is 184 g/mol. The number of nitrogens with zero attached hydrogens (tertiary/aromatic N) is 1. The van der Waals surface area contributed by atoms with E-state index in [1.807, 2.05) is 0 Å². The van der Waals surface area contributed by atoms with Crippen LogP contribution in [0.3, 0.4) is 0 Å². The lowest BCUT2D eigenvalue weighted by Crippen LogP contribution is -2.56. The number of amides is 1. The molecule has 2 unspecified atom stereocenters. The molecule has 0 saturated carbocycles. The first-order valence-corrected chi connectivity index (χ1v) is 4.97. The topological polar surface area (TPSA) is 52.6 Å². The van der Waals surface area contributed by atoms with E-state index in [0.717, 1.165) is 32.4 Å². The summed E-state index contributed by atoms with van der Waals surface area (Å²) in [4.78, 5) is 13.5. The Morgan fingerprint density at radius 2 is 2.23 bits per heavy atom. The molecule has 2 heterocycles. The van der Waals surface area contributed by atoms with E-state index in [1.54, 1.807) is 4.90 Å². The van der Waals surface area contributed by atoms with Crippen LogP contribution in [0.25, 0.3) is 0 Å². The predicted octanol–water partition coefficient (Wildman–Crippen LogP) is -0.668. The first-order chi connectivity index (χ1) is 6.27. The molecule has 1 amide bonds. The van der Waals surface area contributed by atoms with Gasteiger partial charge in [0.05, 0.1) is 12.1 Å². The zero-order valence-corrected chi connectivity index (χ0v) is 7.70. The third kappa shape index (κ3) is 1.84. The first kappa shape index (κ1) is 8.97. The number of rotatable bonds is 1. The van der Waals surface area contributed by atoms with Crippen molar-refractivity contribution in [2.24, 2.45) is 0 Å². The van der Waals surface area contributed by atoms with Gasteiger partial charge in [0, 0.05) is 13.1 Å². The van der Waals surface area contributed by atoms with Crippen LogP contribution in [-0.4, -0.2) is 47.7 Å². The summed E-state index contributed by atoms with van der Waals surface area (Å²) in [5.74, 6) is 0.171. The fraction of sp³-hybridized carbons (Fsp3) is 0.889. The molecule has 2 rings (SSSR count). The standard InChI is InChI=1S/C9H16N2O2/c12-7-2-1-5-11(6-7)9(13)8-3-4-10-8/h7-8,10,12H,1-6H2. The van der Waals surface area contributed by atoms with Crippen LogP contribution in [-0.2, 0) is 4.79 Å². The molecule has 4 nitrogen and oxygen atoms in total. The number of carbonyl (C=O) groups excluding carboxylic acids is 1. The Bertz CT molecular complexity index is 204. The molecule has 74 valence electrons. The largest absolute Gasteiger partial charge is 0.391 e. The van der Waals surface area contributed by atoms with Crippen molar-refractivity contribution >= 4 is 5.91 Å². The molecule has 0 aromatic rings. The maximum atomic E-state index is 11.7. The first-order valence-electron chi connectivity index (χ1n) is 4.97. The van der Waals surface area contributed by atoms with Gasteiger partial charge in [0.1, 0.15) is 0 Å². The maximum Gasteiger partial charge on any atom is 0.239 e. The molecule has 0 aromatic carbocycles. The van der Waals surface area contributed by atoms with Crippen LogP contribution in [0.1, 0.15) is 19.3 Å². The van der Waals surface area contributed by atoms with Crippen LogP contribution in [0, 0.1) is 0 Å². The number of hydrogen-bond acceptors (Lipinski definition) is 3. The molecule has 0 aliphatic carbocycles. The quantitative estimate of drug-likeness (QED) is 0.568. The van der Waals surface area contributed by atoms with Gasteiger partial charge in [-0.3, -0.25) is 4.79 Å². The van der Waals surface area contributed by atoms with E-state index in [4.69, 9.17) is 0 Å². The molecule has 2 aliphatic rings. The molecule has 13 heavy (non-hydrogen) atoms. The zero-order valence-electron chi connectivity index (χ0n) is 7.70. The number of piperidine rings is 1. The van der Waals surface area contributed by atoms with Gasteiger partial charge in [-0.15, -0.1) is 0 Å². The minimum absolute atomic E-state index is 0.0327. The van der Waals surface area contributed by atoms with Crippen molar-refractivity contribution in [3.63, 3.8) is 0 Å². The highest BCUT2D eigenvalue weighted by molar-refractivity contribution is 5.82. The van der Waals surface area contributed by atoms with Crippen molar-refractivity contribution in [2.45, 2.75) is 31.4 Å². The van der Waals surface area contributed by atoms with E-state index in [9.17, 15) is 9.90 Å². The highest BCUT2D eigenvalue weighted by Gasteiger charge is 2.31. The molecular formula is C9H16N2O2. The van der Waals surface area contributed by atoms with Crippen LogP contribution < -0.4 is 5.32 Å². The summed E-state index contributed by atoms with van der Waals surface area (Å²) in [6.45, 7) is 2.29. The Hall–Kier alpha value is -0.610. The van der Waals surface area contributed by atoms with Crippen molar-refractivity contribution in [1.82, 2.24) is 10.2 Å². The summed E-state index contributed by atoms with van der Waals surface area (Å²) in [6, 6.07) is 0.0327. The highest BCUT2D eigenvalue weighted by atomic mass is 16.3. The summed E-state index contributed by atoms with van der Waals surface area (Å²) in [7, 11) is 0. The molecule has 2 N–H and O–H groups in total. The smallest absolute Gasteiger partial charge is 0.239 e.